The van der Waals surface area contributed by atoms with Crippen molar-refractivity contribution in [2.45, 2.75) is 26.5 Å². The molecular formula is C17H20FNO2. The van der Waals surface area contributed by atoms with Gasteiger partial charge < -0.3 is 15.2 Å². The van der Waals surface area contributed by atoms with Crippen molar-refractivity contribution in [3.05, 3.63) is 58.9 Å². The van der Waals surface area contributed by atoms with Crippen LogP contribution < -0.4 is 15.2 Å². The maximum Gasteiger partial charge on any atom is 0.127 e. The number of hydrogen-bond donors (Lipinski definition) is 1. The van der Waals surface area contributed by atoms with Gasteiger partial charge in [0.15, 0.2) is 0 Å². The fourth-order valence-electron chi connectivity index (χ4n) is 2.19. The van der Waals surface area contributed by atoms with E-state index >= 15 is 0 Å². The van der Waals surface area contributed by atoms with Gasteiger partial charge in [0.1, 0.15) is 23.9 Å². The summed E-state index contributed by atoms with van der Waals surface area (Å²) < 4.78 is 24.5. The van der Waals surface area contributed by atoms with E-state index in [1.54, 1.807) is 13.2 Å². The zero-order valence-corrected chi connectivity index (χ0v) is 12.5. The van der Waals surface area contributed by atoms with Gasteiger partial charge in [-0.3, -0.25) is 0 Å². The molecule has 1 atom stereocenters. The first-order valence-corrected chi connectivity index (χ1v) is 6.82. The fourth-order valence-corrected chi connectivity index (χ4v) is 2.19. The minimum atomic E-state index is -0.342. The average Bonchev–Trinajstić information content (AvgIpc) is 2.45. The van der Waals surface area contributed by atoms with Gasteiger partial charge in [0, 0.05) is 23.2 Å². The highest BCUT2D eigenvalue weighted by molar-refractivity contribution is 5.39. The smallest absolute Gasteiger partial charge is 0.127 e. The molecule has 0 heterocycles. The summed E-state index contributed by atoms with van der Waals surface area (Å²) in [6.07, 6.45) is 0. The Balaban J connectivity index is 2.24. The lowest BCUT2D eigenvalue weighted by Crippen LogP contribution is -2.09. The largest absolute Gasteiger partial charge is 0.496 e. The van der Waals surface area contributed by atoms with E-state index < -0.39 is 0 Å². The third kappa shape index (κ3) is 3.73. The molecular weight excluding hydrogens is 269 g/mol. The van der Waals surface area contributed by atoms with E-state index in [0.717, 1.165) is 22.4 Å². The van der Waals surface area contributed by atoms with Crippen molar-refractivity contribution in [2.24, 2.45) is 5.73 Å². The maximum absolute atomic E-state index is 13.4. The van der Waals surface area contributed by atoms with Gasteiger partial charge in [0.05, 0.1) is 7.11 Å². The summed E-state index contributed by atoms with van der Waals surface area (Å²) in [6.45, 7) is 4.14. The number of benzene rings is 2. The highest BCUT2D eigenvalue weighted by atomic mass is 19.1. The molecule has 3 nitrogen and oxygen atoms in total. The Bertz CT molecular complexity index is 626. The van der Waals surface area contributed by atoms with Crippen molar-refractivity contribution < 1.29 is 13.9 Å². The van der Waals surface area contributed by atoms with Crippen molar-refractivity contribution in [3.63, 3.8) is 0 Å². The summed E-state index contributed by atoms with van der Waals surface area (Å²) in [6, 6.07) is 10.0. The molecule has 2 aromatic rings. The molecule has 2 N–H and O–H groups in total. The second kappa shape index (κ2) is 6.59. The van der Waals surface area contributed by atoms with Gasteiger partial charge in [-0.1, -0.05) is 17.7 Å². The molecule has 21 heavy (non-hydrogen) atoms. The summed E-state index contributed by atoms with van der Waals surface area (Å²) in [4.78, 5) is 0. The van der Waals surface area contributed by atoms with E-state index in [1.807, 2.05) is 32.0 Å². The molecule has 0 saturated heterocycles. The Morgan fingerprint density at radius 1 is 1.14 bits per heavy atom. The molecule has 112 valence electrons. The van der Waals surface area contributed by atoms with Crippen LogP contribution in [0.1, 0.15) is 29.7 Å². The molecule has 2 rings (SSSR count). The van der Waals surface area contributed by atoms with Crippen molar-refractivity contribution in [1.82, 2.24) is 0 Å². The molecule has 2 aromatic carbocycles. The zero-order valence-electron chi connectivity index (χ0n) is 12.5. The lowest BCUT2D eigenvalue weighted by atomic mass is 10.1. The first kappa shape index (κ1) is 15.3. The van der Waals surface area contributed by atoms with E-state index in [1.165, 1.54) is 12.1 Å². The summed E-state index contributed by atoms with van der Waals surface area (Å²) in [5.74, 6) is 0.874. The van der Waals surface area contributed by atoms with Gasteiger partial charge in [-0.05, 0) is 32.0 Å². The predicted octanol–water partition coefficient (Wildman–Crippen LogP) is 3.74. The molecule has 0 spiro atoms. The first-order valence-electron chi connectivity index (χ1n) is 6.82. The second-order valence-electron chi connectivity index (χ2n) is 5.07. The molecule has 0 bridgehead atoms. The number of nitrogens with two attached hydrogens (primary N) is 1. The third-order valence-corrected chi connectivity index (χ3v) is 3.29. The predicted molar refractivity (Wildman–Crippen MR) is 81.1 cm³/mol. The SMILES string of the molecule is COc1ccc(C)cc1COc1cc(F)ccc1[C@@H](C)N. The van der Waals surface area contributed by atoms with Gasteiger partial charge in [0.2, 0.25) is 0 Å². The molecule has 4 heteroatoms. The Labute approximate surface area is 124 Å². The molecule has 0 unspecified atom stereocenters. The topological polar surface area (TPSA) is 44.5 Å². The van der Waals surface area contributed by atoms with E-state index in [4.69, 9.17) is 15.2 Å². The van der Waals surface area contributed by atoms with Crippen LogP contribution >= 0.6 is 0 Å². The van der Waals surface area contributed by atoms with E-state index in [2.05, 4.69) is 0 Å². The van der Waals surface area contributed by atoms with Gasteiger partial charge in [-0.25, -0.2) is 4.39 Å². The summed E-state index contributed by atoms with van der Waals surface area (Å²) in [5, 5.41) is 0. The summed E-state index contributed by atoms with van der Waals surface area (Å²) in [5.41, 5.74) is 8.69. The Morgan fingerprint density at radius 2 is 1.90 bits per heavy atom. The van der Waals surface area contributed by atoms with E-state index in [0.29, 0.717) is 12.4 Å². The van der Waals surface area contributed by atoms with Crippen molar-refractivity contribution in [1.29, 1.82) is 0 Å². The normalized spacial score (nSPS) is 12.0. The number of rotatable bonds is 5. The van der Waals surface area contributed by atoms with Crippen molar-refractivity contribution >= 4 is 0 Å². The van der Waals surface area contributed by atoms with Crippen LogP contribution in [0.2, 0.25) is 0 Å². The minimum Gasteiger partial charge on any atom is -0.496 e. The Hall–Kier alpha value is -2.07. The van der Waals surface area contributed by atoms with Gasteiger partial charge in [0.25, 0.3) is 0 Å². The standard InChI is InChI=1S/C17H20FNO2/c1-11-4-7-16(20-3)13(8-11)10-21-17-9-14(18)5-6-15(17)12(2)19/h4-9,12H,10,19H2,1-3H3/t12-/m1/s1. The number of aryl methyl sites for hydroxylation is 1. The van der Waals surface area contributed by atoms with Gasteiger partial charge in [-0.15, -0.1) is 0 Å². The molecule has 0 amide bonds. The van der Waals surface area contributed by atoms with E-state index in [9.17, 15) is 4.39 Å². The number of methoxy groups -OCH3 is 1. The highest BCUT2D eigenvalue weighted by Crippen LogP contribution is 2.27. The van der Waals surface area contributed by atoms with Gasteiger partial charge >= 0.3 is 0 Å². The summed E-state index contributed by atoms with van der Waals surface area (Å²) in [7, 11) is 1.61. The lowest BCUT2D eigenvalue weighted by Gasteiger charge is -2.15. The third-order valence-electron chi connectivity index (χ3n) is 3.29. The van der Waals surface area contributed by atoms with Crippen LogP contribution in [0.5, 0.6) is 11.5 Å². The molecule has 0 aliphatic heterocycles. The van der Waals surface area contributed by atoms with Crippen LogP contribution in [0.4, 0.5) is 4.39 Å². The number of hydrogen-bond acceptors (Lipinski definition) is 3. The van der Waals surface area contributed by atoms with Crippen LogP contribution in [-0.4, -0.2) is 7.11 Å². The monoisotopic (exact) mass is 289 g/mol. The maximum atomic E-state index is 13.4. The molecule has 0 aromatic heterocycles. The van der Waals surface area contributed by atoms with Crippen molar-refractivity contribution in [2.75, 3.05) is 7.11 Å². The second-order valence-corrected chi connectivity index (χ2v) is 5.07. The van der Waals surface area contributed by atoms with Crippen LogP contribution in [0.15, 0.2) is 36.4 Å². The van der Waals surface area contributed by atoms with Gasteiger partial charge in [-0.2, -0.15) is 0 Å². The molecule has 0 saturated carbocycles. The lowest BCUT2D eigenvalue weighted by molar-refractivity contribution is 0.291. The van der Waals surface area contributed by atoms with Crippen LogP contribution in [-0.2, 0) is 6.61 Å². The number of ether oxygens (including phenoxy) is 2. The fraction of sp³-hybridized carbons (Fsp3) is 0.294. The average molecular weight is 289 g/mol. The van der Waals surface area contributed by atoms with E-state index in [-0.39, 0.29) is 11.9 Å². The number of halogens is 1. The molecule has 0 radical (unpaired) electrons. The van der Waals surface area contributed by atoms with Crippen LogP contribution in [0, 0.1) is 12.7 Å². The highest BCUT2D eigenvalue weighted by Gasteiger charge is 2.11. The minimum absolute atomic E-state index is 0.222. The van der Waals surface area contributed by atoms with Crippen LogP contribution in [0.3, 0.4) is 0 Å². The Kier molecular flexibility index (Phi) is 4.81. The quantitative estimate of drug-likeness (QED) is 0.912. The Morgan fingerprint density at radius 3 is 2.57 bits per heavy atom. The zero-order chi connectivity index (χ0) is 15.4. The summed E-state index contributed by atoms with van der Waals surface area (Å²) >= 11 is 0. The first-order chi connectivity index (χ1) is 10.0. The molecule has 0 aliphatic rings. The molecule has 0 aliphatic carbocycles. The van der Waals surface area contributed by atoms with Crippen molar-refractivity contribution in [3.8, 4) is 11.5 Å². The molecule has 0 fully saturated rings. The van der Waals surface area contributed by atoms with Crippen LogP contribution in [0.25, 0.3) is 0 Å².